The topological polar surface area (TPSA) is 40.2 Å². The number of rotatable bonds is 3. The lowest BCUT2D eigenvalue weighted by molar-refractivity contribution is 1.28. The Balaban J connectivity index is 1.88. The Morgan fingerprint density at radius 1 is 1.10 bits per heavy atom. The number of aromatic nitrogens is 1. The molecule has 3 rings (SSSR count). The van der Waals surface area contributed by atoms with Crippen LogP contribution < -0.4 is 5.43 Å². The van der Waals surface area contributed by atoms with Crippen molar-refractivity contribution < 1.29 is 0 Å². The van der Waals surface area contributed by atoms with Crippen LogP contribution in [-0.2, 0) is 0 Å². The number of aromatic amines is 1. The number of nitrogens with zero attached hydrogens (tertiary/aromatic N) is 1. The summed E-state index contributed by atoms with van der Waals surface area (Å²) in [4.78, 5) is 3.34. The lowest BCUT2D eigenvalue weighted by Crippen LogP contribution is -1.92. The molecule has 3 nitrogen and oxygen atoms in total. The molecule has 1 aromatic heterocycles. The second-order valence-corrected chi connectivity index (χ2v) is 4.97. The Kier molecular flexibility index (Phi) is 3.44. The normalized spacial score (nSPS) is 11.3. The summed E-state index contributed by atoms with van der Waals surface area (Å²) >= 11 is 6.07. The van der Waals surface area contributed by atoms with Crippen LogP contribution in [0.15, 0.2) is 53.6 Å². The predicted molar refractivity (Wildman–Crippen MR) is 85.7 cm³/mol. The maximum absolute atomic E-state index is 6.07. The number of para-hydroxylation sites is 2. The summed E-state index contributed by atoms with van der Waals surface area (Å²) in [6, 6.07) is 15.7. The van der Waals surface area contributed by atoms with Gasteiger partial charge in [-0.25, -0.2) is 0 Å². The minimum Gasteiger partial charge on any atom is -0.358 e. The van der Waals surface area contributed by atoms with Crippen LogP contribution in [0.2, 0.25) is 5.02 Å². The molecule has 0 bridgehead atoms. The summed E-state index contributed by atoms with van der Waals surface area (Å²) in [6.07, 6.45) is 1.82. The third kappa shape index (κ3) is 2.40. The fourth-order valence-corrected chi connectivity index (χ4v) is 2.36. The van der Waals surface area contributed by atoms with Crippen molar-refractivity contribution in [3.05, 3.63) is 64.8 Å². The van der Waals surface area contributed by atoms with E-state index in [1.54, 1.807) is 0 Å². The minimum absolute atomic E-state index is 0.653. The Bertz CT molecular complexity index is 774. The van der Waals surface area contributed by atoms with E-state index < -0.39 is 0 Å². The van der Waals surface area contributed by atoms with Gasteiger partial charge in [0, 0.05) is 22.2 Å². The van der Waals surface area contributed by atoms with Gasteiger partial charge in [0.15, 0.2) is 0 Å². The highest BCUT2D eigenvalue weighted by Gasteiger charge is 2.05. The van der Waals surface area contributed by atoms with Crippen molar-refractivity contribution in [1.82, 2.24) is 4.98 Å². The predicted octanol–water partition coefficient (Wildman–Crippen LogP) is 4.58. The standard InChI is InChI=1S/C16H14ClN3/c1-11-13(12-6-2-4-8-15(12)19-11)10-18-20-16-9-5-3-7-14(16)17/h2-10,19-20H,1H3. The molecule has 0 fully saturated rings. The second-order valence-electron chi connectivity index (χ2n) is 4.56. The lowest BCUT2D eigenvalue weighted by atomic mass is 10.1. The van der Waals surface area contributed by atoms with Crippen LogP contribution in [0, 0.1) is 6.92 Å². The second kappa shape index (κ2) is 5.39. The molecule has 0 aliphatic carbocycles. The van der Waals surface area contributed by atoms with E-state index in [2.05, 4.69) is 27.6 Å². The van der Waals surface area contributed by atoms with Crippen LogP contribution in [0.4, 0.5) is 5.69 Å². The number of anilines is 1. The molecule has 1 heterocycles. The highest BCUT2D eigenvalue weighted by atomic mass is 35.5. The number of aryl methyl sites for hydroxylation is 1. The molecule has 0 amide bonds. The first-order valence-electron chi connectivity index (χ1n) is 6.36. The average molecular weight is 284 g/mol. The quantitative estimate of drug-likeness (QED) is 0.536. The van der Waals surface area contributed by atoms with Gasteiger partial charge in [-0.05, 0) is 25.1 Å². The van der Waals surface area contributed by atoms with Gasteiger partial charge in [-0.3, -0.25) is 5.43 Å². The summed E-state index contributed by atoms with van der Waals surface area (Å²) < 4.78 is 0. The van der Waals surface area contributed by atoms with Gasteiger partial charge < -0.3 is 4.98 Å². The number of H-pyrrole nitrogens is 1. The number of hydrazone groups is 1. The van der Waals surface area contributed by atoms with E-state index in [1.165, 1.54) is 0 Å². The Morgan fingerprint density at radius 3 is 2.70 bits per heavy atom. The summed E-state index contributed by atoms with van der Waals surface area (Å²) in [5.41, 5.74) is 7.05. The molecular formula is C16H14ClN3. The Hall–Kier alpha value is -2.26. The van der Waals surface area contributed by atoms with Crippen LogP contribution in [0.25, 0.3) is 10.9 Å². The zero-order valence-corrected chi connectivity index (χ0v) is 11.8. The van der Waals surface area contributed by atoms with Gasteiger partial charge in [0.25, 0.3) is 0 Å². The van der Waals surface area contributed by atoms with Gasteiger partial charge >= 0.3 is 0 Å². The van der Waals surface area contributed by atoms with E-state index >= 15 is 0 Å². The molecule has 20 heavy (non-hydrogen) atoms. The maximum atomic E-state index is 6.07. The van der Waals surface area contributed by atoms with Crippen LogP contribution in [0.1, 0.15) is 11.3 Å². The number of benzene rings is 2. The van der Waals surface area contributed by atoms with E-state index in [-0.39, 0.29) is 0 Å². The SMILES string of the molecule is Cc1[nH]c2ccccc2c1C=NNc1ccccc1Cl. The highest BCUT2D eigenvalue weighted by molar-refractivity contribution is 6.33. The molecule has 0 saturated heterocycles. The molecule has 2 aromatic carbocycles. The fraction of sp³-hybridized carbons (Fsp3) is 0.0625. The van der Waals surface area contributed by atoms with E-state index in [1.807, 2.05) is 49.5 Å². The molecule has 0 radical (unpaired) electrons. The third-order valence-electron chi connectivity index (χ3n) is 3.20. The van der Waals surface area contributed by atoms with Gasteiger partial charge in [0.05, 0.1) is 16.9 Å². The molecule has 3 aromatic rings. The number of hydrogen-bond donors (Lipinski definition) is 2. The molecule has 0 spiro atoms. The lowest BCUT2D eigenvalue weighted by Gasteiger charge is -2.01. The fourth-order valence-electron chi connectivity index (χ4n) is 2.18. The average Bonchev–Trinajstić information content (AvgIpc) is 2.77. The van der Waals surface area contributed by atoms with Crippen molar-refractivity contribution in [2.24, 2.45) is 5.10 Å². The monoisotopic (exact) mass is 283 g/mol. The molecule has 100 valence electrons. The van der Waals surface area contributed by atoms with Crippen LogP contribution in [0.3, 0.4) is 0 Å². The molecule has 0 aliphatic heterocycles. The zero-order valence-electron chi connectivity index (χ0n) is 11.0. The molecule has 0 saturated carbocycles. The number of nitrogens with one attached hydrogen (secondary N) is 2. The maximum Gasteiger partial charge on any atom is 0.0748 e. The van der Waals surface area contributed by atoms with Crippen molar-refractivity contribution >= 4 is 34.4 Å². The van der Waals surface area contributed by atoms with Crippen molar-refractivity contribution in [1.29, 1.82) is 0 Å². The minimum atomic E-state index is 0.653. The Labute approximate surface area is 122 Å². The number of fused-ring (bicyclic) bond motifs is 1. The van der Waals surface area contributed by atoms with E-state index in [0.717, 1.165) is 27.8 Å². The smallest absolute Gasteiger partial charge is 0.0748 e. The van der Waals surface area contributed by atoms with E-state index in [0.29, 0.717) is 5.02 Å². The zero-order chi connectivity index (χ0) is 13.9. The summed E-state index contributed by atoms with van der Waals surface area (Å²) in [5, 5.41) is 6.09. The molecular weight excluding hydrogens is 270 g/mol. The van der Waals surface area contributed by atoms with E-state index in [9.17, 15) is 0 Å². The van der Waals surface area contributed by atoms with Gasteiger partial charge in [0.1, 0.15) is 0 Å². The van der Waals surface area contributed by atoms with Crippen LogP contribution >= 0.6 is 11.6 Å². The van der Waals surface area contributed by atoms with Gasteiger partial charge in [0.2, 0.25) is 0 Å². The summed E-state index contributed by atoms with van der Waals surface area (Å²) in [5.74, 6) is 0. The molecule has 0 atom stereocenters. The molecule has 0 aliphatic rings. The summed E-state index contributed by atoms with van der Waals surface area (Å²) in [6.45, 7) is 2.04. The third-order valence-corrected chi connectivity index (χ3v) is 3.53. The summed E-state index contributed by atoms with van der Waals surface area (Å²) in [7, 11) is 0. The highest BCUT2D eigenvalue weighted by Crippen LogP contribution is 2.22. The molecule has 0 unspecified atom stereocenters. The largest absolute Gasteiger partial charge is 0.358 e. The van der Waals surface area contributed by atoms with Crippen molar-refractivity contribution in [2.75, 3.05) is 5.43 Å². The number of hydrogen-bond acceptors (Lipinski definition) is 2. The first-order chi connectivity index (χ1) is 9.75. The van der Waals surface area contributed by atoms with Gasteiger partial charge in [-0.2, -0.15) is 5.10 Å². The van der Waals surface area contributed by atoms with Crippen molar-refractivity contribution in [3.63, 3.8) is 0 Å². The number of halogens is 1. The Morgan fingerprint density at radius 2 is 1.85 bits per heavy atom. The van der Waals surface area contributed by atoms with E-state index in [4.69, 9.17) is 11.6 Å². The van der Waals surface area contributed by atoms with Gasteiger partial charge in [-0.15, -0.1) is 0 Å². The van der Waals surface area contributed by atoms with Gasteiger partial charge in [-0.1, -0.05) is 41.9 Å². The first kappa shape index (κ1) is 12.8. The van der Waals surface area contributed by atoms with Crippen LogP contribution in [-0.4, -0.2) is 11.2 Å². The molecule has 2 N–H and O–H groups in total. The molecule has 4 heteroatoms. The van der Waals surface area contributed by atoms with Crippen molar-refractivity contribution in [2.45, 2.75) is 6.92 Å². The first-order valence-corrected chi connectivity index (χ1v) is 6.74. The van der Waals surface area contributed by atoms with Crippen molar-refractivity contribution in [3.8, 4) is 0 Å². The van der Waals surface area contributed by atoms with Crippen LogP contribution in [0.5, 0.6) is 0 Å².